The van der Waals surface area contributed by atoms with Gasteiger partial charge in [0.15, 0.2) is 0 Å². The quantitative estimate of drug-likeness (QED) is 0.710. The predicted octanol–water partition coefficient (Wildman–Crippen LogP) is 0.455. The van der Waals surface area contributed by atoms with Crippen LogP contribution >= 0.6 is 0 Å². The first-order valence-electron chi connectivity index (χ1n) is 5.65. The lowest BCUT2D eigenvalue weighted by Crippen LogP contribution is -2.49. The molecule has 0 aromatic carbocycles. The molecule has 1 rings (SSSR count). The van der Waals surface area contributed by atoms with Crippen LogP contribution in [0.1, 0.15) is 19.5 Å². The van der Waals surface area contributed by atoms with Crippen molar-refractivity contribution < 1.29 is 14.7 Å². The third-order valence-corrected chi connectivity index (χ3v) is 2.67. The van der Waals surface area contributed by atoms with E-state index in [9.17, 15) is 9.59 Å². The van der Waals surface area contributed by atoms with Crippen LogP contribution in [0.25, 0.3) is 0 Å². The van der Waals surface area contributed by atoms with E-state index in [4.69, 9.17) is 5.11 Å². The van der Waals surface area contributed by atoms with E-state index in [1.54, 1.807) is 7.05 Å². The summed E-state index contributed by atoms with van der Waals surface area (Å²) >= 11 is 0. The van der Waals surface area contributed by atoms with Crippen molar-refractivity contribution in [3.63, 3.8) is 0 Å². The summed E-state index contributed by atoms with van der Waals surface area (Å²) in [5.41, 5.74) is 0.662. The van der Waals surface area contributed by atoms with Crippen LogP contribution in [0, 0.1) is 0 Å². The second-order valence-electron chi connectivity index (χ2n) is 4.33. The Balaban J connectivity index is 2.64. The Kier molecular flexibility index (Phi) is 4.70. The predicted molar refractivity (Wildman–Crippen MR) is 65.1 cm³/mol. The number of nitrogens with zero attached hydrogens (tertiary/aromatic N) is 2. The maximum atomic E-state index is 11.8. The van der Waals surface area contributed by atoms with Crippen molar-refractivity contribution in [3.8, 4) is 0 Å². The molecule has 0 aliphatic rings. The number of amides is 2. The van der Waals surface area contributed by atoms with Gasteiger partial charge in [0.2, 0.25) is 0 Å². The molecule has 0 aliphatic carbocycles. The number of carbonyl (C=O) groups is 2. The van der Waals surface area contributed by atoms with Gasteiger partial charge in [0.05, 0.1) is 6.33 Å². The van der Waals surface area contributed by atoms with Crippen LogP contribution in [0.3, 0.4) is 0 Å². The lowest BCUT2D eigenvalue weighted by Gasteiger charge is -2.24. The zero-order valence-electron chi connectivity index (χ0n) is 10.7. The molecule has 2 amide bonds. The highest BCUT2D eigenvalue weighted by molar-refractivity contribution is 5.82. The van der Waals surface area contributed by atoms with Crippen molar-refractivity contribution in [1.29, 1.82) is 0 Å². The second kappa shape index (κ2) is 6.04. The Hall–Kier alpha value is -2.05. The van der Waals surface area contributed by atoms with Gasteiger partial charge in [-0.3, -0.25) is 0 Å². The molecule has 0 fully saturated rings. The number of aromatic nitrogens is 2. The minimum Gasteiger partial charge on any atom is -0.480 e. The summed E-state index contributed by atoms with van der Waals surface area (Å²) in [6, 6.07) is -1.37. The highest BCUT2D eigenvalue weighted by atomic mass is 16.4. The van der Waals surface area contributed by atoms with Crippen molar-refractivity contribution in [1.82, 2.24) is 20.2 Å². The summed E-state index contributed by atoms with van der Waals surface area (Å²) in [5.74, 6) is -1.07. The Bertz CT molecular complexity index is 402. The smallest absolute Gasteiger partial charge is 0.326 e. The van der Waals surface area contributed by atoms with E-state index in [-0.39, 0.29) is 12.5 Å². The van der Waals surface area contributed by atoms with Gasteiger partial charge in [-0.2, -0.15) is 0 Å². The number of aromatic amines is 1. The van der Waals surface area contributed by atoms with Crippen LogP contribution in [0.4, 0.5) is 4.79 Å². The molecule has 0 aliphatic heterocycles. The van der Waals surface area contributed by atoms with Gasteiger partial charge in [0.25, 0.3) is 0 Å². The van der Waals surface area contributed by atoms with Crippen LogP contribution in [-0.2, 0) is 11.2 Å². The molecule has 0 bridgehead atoms. The maximum absolute atomic E-state index is 11.8. The lowest BCUT2D eigenvalue weighted by molar-refractivity contribution is -0.139. The molecule has 7 nitrogen and oxygen atoms in total. The fraction of sp³-hybridized carbons (Fsp3) is 0.545. The highest BCUT2D eigenvalue weighted by Crippen LogP contribution is 2.01. The molecule has 18 heavy (non-hydrogen) atoms. The molecule has 0 saturated heterocycles. The van der Waals surface area contributed by atoms with Crippen LogP contribution in [0.15, 0.2) is 12.5 Å². The third-order valence-electron chi connectivity index (χ3n) is 2.67. The van der Waals surface area contributed by atoms with E-state index in [0.717, 1.165) is 0 Å². The minimum absolute atomic E-state index is 0.00611. The van der Waals surface area contributed by atoms with Gasteiger partial charge < -0.3 is 20.3 Å². The van der Waals surface area contributed by atoms with Gasteiger partial charge in [-0.25, -0.2) is 14.6 Å². The summed E-state index contributed by atoms with van der Waals surface area (Å²) in [4.78, 5) is 30.9. The maximum Gasteiger partial charge on any atom is 0.326 e. The van der Waals surface area contributed by atoms with Crippen molar-refractivity contribution in [2.24, 2.45) is 0 Å². The standard InChI is InChI=1S/C11H18N4O3/c1-7(2)15(3)11(18)14-9(10(16)17)4-8-5-12-6-13-8/h5-7,9H,4H2,1-3H3,(H,12,13)(H,14,18)(H,16,17)/t9-/m1/s1. The number of H-pyrrole nitrogens is 1. The summed E-state index contributed by atoms with van der Waals surface area (Å²) in [6.07, 6.45) is 3.18. The average molecular weight is 254 g/mol. The number of carboxylic acids is 1. The molecule has 100 valence electrons. The molecular weight excluding hydrogens is 236 g/mol. The fourth-order valence-corrected chi connectivity index (χ4v) is 1.30. The number of aliphatic carboxylic acids is 1. The van der Waals surface area contributed by atoms with E-state index < -0.39 is 18.0 Å². The largest absolute Gasteiger partial charge is 0.480 e. The number of rotatable bonds is 5. The SMILES string of the molecule is CC(C)N(C)C(=O)N[C@H](Cc1cnc[nH]1)C(=O)O. The van der Waals surface area contributed by atoms with Crippen molar-refractivity contribution in [2.75, 3.05) is 7.05 Å². The first kappa shape index (κ1) is 14.0. The van der Waals surface area contributed by atoms with E-state index in [1.807, 2.05) is 13.8 Å². The van der Waals surface area contributed by atoms with Gasteiger partial charge in [0.1, 0.15) is 6.04 Å². The Morgan fingerprint density at radius 2 is 2.22 bits per heavy atom. The van der Waals surface area contributed by atoms with Crippen LogP contribution in [0.2, 0.25) is 0 Å². The molecular formula is C11H18N4O3. The molecule has 0 spiro atoms. The molecule has 1 heterocycles. The van der Waals surface area contributed by atoms with Crippen LogP contribution < -0.4 is 5.32 Å². The van der Waals surface area contributed by atoms with E-state index in [1.165, 1.54) is 17.4 Å². The summed E-state index contributed by atoms with van der Waals surface area (Å²) in [7, 11) is 1.62. The molecule has 3 N–H and O–H groups in total. The highest BCUT2D eigenvalue weighted by Gasteiger charge is 2.23. The summed E-state index contributed by atoms with van der Waals surface area (Å²) in [6.45, 7) is 3.70. The van der Waals surface area contributed by atoms with Gasteiger partial charge in [-0.1, -0.05) is 0 Å². The lowest BCUT2D eigenvalue weighted by atomic mass is 10.1. The van der Waals surface area contributed by atoms with Crippen molar-refractivity contribution in [3.05, 3.63) is 18.2 Å². The fourth-order valence-electron chi connectivity index (χ4n) is 1.30. The number of urea groups is 1. The molecule has 0 radical (unpaired) electrons. The number of imidazole rings is 1. The van der Waals surface area contributed by atoms with Gasteiger partial charge in [0, 0.05) is 31.4 Å². The number of carbonyl (C=O) groups excluding carboxylic acids is 1. The third kappa shape index (κ3) is 3.76. The number of hydrogen-bond acceptors (Lipinski definition) is 3. The first-order valence-corrected chi connectivity index (χ1v) is 5.65. The van der Waals surface area contributed by atoms with E-state index >= 15 is 0 Å². The molecule has 0 unspecified atom stereocenters. The topological polar surface area (TPSA) is 98.3 Å². The first-order chi connectivity index (χ1) is 8.41. The summed E-state index contributed by atoms with van der Waals surface area (Å²) < 4.78 is 0. The number of hydrogen-bond donors (Lipinski definition) is 3. The monoisotopic (exact) mass is 254 g/mol. The molecule has 1 aromatic rings. The molecule has 1 aromatic heterocycles. The van der Waals surface area contributed by atoms with Crippen molar-refractivity contribution in [2.45, 2.75) is 32.4 Å². The van der Waals surface area contributed by atoms with E-state index in [2.05, 4.69) is 15.3 Å². The van der Waals surface area contributed by atoms with E-state index in [0.29, 0.717) is 5.69 Å². The van der Waals surface area contributed by atoms with Gasteiger partial charge >= 0.3 is 12.0 Å². The van der Waals surface area contributed by atoms with Crippen LogP contribution in [-0.4, -0.2) is 51.1 Å². The summed E-state index contributed by atoms with van der Waals surface area (Å²) in [5, 5.41) is 11.5. The number of nitrogens with one attached hydrogen (secondary N) is 2. The number of carboxylic acid groups (broad SMARTS) is 1. The average Bonchev–Trinajstić information content (AvgIpc) is 2.79. The van der Waals surface area contributed by atoms with Crippen LogP contribution in [0.5, 0.6) is 0 Å². The molecule has 7 heteroatoms. The Labute approximate surface area is 105 Å². The normalized spacial score (nSPS) is 12.2. The zero-order valence-corrected chi connectivity index (χ0v) is 10.7. The second-order valence-corrected chi connectivity index (χ2v) is 4.33. The molecule has 0 saturated carbocycles. The molecule has 1 atom stereocenters. The van der Waals surface area contributed by atoms with Gasteiger partial charge in [-0.05, 0) is 13.8 Å². The zero-order chi connectivity index (χ0) is 13.7. The Morgan fingerprint density at radius 3 is 2.67 bits per heavy atom. The minimum atomic E-state index is -1.07. The van der Waals surface area contributed by atoms with Gasteiger partial charge in [-0.15, -0.1) is 0 Å². The van der Waals surface area contributed by atoms with Crippen molar-refractivity contribution >= 4 is 12.0 Å². The Morgan fingerprint density at radius 1 is 1.56 bits per heavy atom.